The molecule has 3 nitrogen and oxygen atoms in total. The van der Waals surface area contributed by atoms with Gasteiger partial charge in [0.15, 0.2) is 0 Å². The summed E-state index contributed by atoms with van der Waals surface area (Å²) >= 11 is 2.24. The van der Waals surface area contributed by atoms with E-state index in [1.54, 1.807) is 0 Å². The first-order valence-corrected chi connectivity index (χ1v) is 7.68. The summed E-state index contributed by atoms with van der Waals surface area (Å²) in [6, 6.07) is 7.88. The van der Waals surface area contributed by atoms with Gasteiger partial charge in [0, 0.05) is 15.4 Å². The van der Waals surface area contributed by atoms with E-state index in [2.05, 4.69) is 22.6 Å². The van der Waals surface area contributed by atoms with Crippen LogP contribution in [0.5, 0.6) is 0 Å². The number of hydrogen-bond donors (Lipinski definition) is 0. The number of carbonyl (C=O) groups is 2. The summed E-state index contributed by atoms with van der Waals surface area (Å²) in [7, 11) is 1.37. The smallest absolute Gasteiger partial charge is 0.309 e. The van der Waals surface area contributed by atoms with E-state index in [1.165, 1.54) is 7.11 Å². The van der Waals surface area contributed by atoms with Crippen molar-refractivity contribution < 1.29 is 14.3 Å². The quantitative estimate of drug-likeness (QED) is 0.572. The molecule has 20 heavy (non-hydrogen) atoms. The summed E-state index contributed by atoms with van der Waals surface area (Å²) in [5.41, 5.74) is 0.640. The van der Waals surface area contributed by atoms with E-state index in [1.807, 2.05) is 45.0 Å². The topological polar surface area (TPSA) is 43.4 Å². The van der Waals surface area contributed by atoms with Crippen LogP contribution in [-0.4, -0.2) is 18.9 Å². The number of Topliss-reactive ketones (excluding diaryl/α,β-unsaturated/α-hetero) is 1. The number of methoxy groups -OCH3 is 1. The second kappa shape index (κ2) is 7.20. The number of rotatable bonds is 5. The minimum Gasteiger partial charge on any atom is -0.469 e. The fourth-order valence-corrected chi connectivity index (χ4v) is 2.47. The number of carbonyl (C=O) groups excluding carboxylic acids is 2. The predicted octanol–water partition coefficient (Wildman–Crippen LogP) is 3.63. The molecule has 1 unspecified atom stereocenters. The van der Waals surface area contributed by atoms with Crippen LogP contribution < -0.4 is 0 Å². The zero-order valence-corrected chi connectivity index (χ0v) is 14.6. The molecule has 1 aromatic rings. The Morgan fingerprint density at radius 2 is 1.85 bits per heavy atom. The first kappa shape index (κ1) is 17.1. The molecule has 0 fully saturated rings. The molecule has 0 spiro atoms. The number of hydrogen-bond acceptors (Lipinski definition) is 3. The maximum atomic E-state index is 12.2. The zero-order valence-electron chi connectivity index (χ0n) is 12.4. The van der Waals surface area contributed by atoms with Crippen LogP contribution >= 0.6 is 22.6 Å². The third-order valence-electron chi connectivity index (χ3n) is 3.23. The van der Waals surface area contributed by atoms with Gasteiger partial charge in [-0.3, -0.25) is 9.59 Å². The Balaban J connectivity index is 2.89. The van der Waals surface area contributed by atoms with Crippen LogP contribution in [0.3, 0.4) is 0 Å². The third-order valence-corrected chi connectivity index (χ3v) is 4.28. The van der Waals surface area contributed by atoms with Crippen molar-refractivity contribution in [3.05, 3.63) is 33.4 Å². The van der Waals surface area contributed by atoms with Gasteiger partial charge in [0.1, 0.15) is 5.78 Å². The van der Waals surface area contributed by atoms with Crippen LogP contribution in [0.4, 0.5) is 0 Å². The fraction of sp³-hybridized carbons (Fsp3) is 0.500. The molecular weight excluding hydrogens is 367 g/mol. The second-order valence-corrected chi connectivity index (χ2v) is 7.06. The van der Waals surface area contributed by atoms with Crippen molar-refractivity contribution in [3.8, 4) is 0 Å². The molecule has 0 N–H and O–H groups in total. The van der Waals surface area contributed by atoms with E-state index in [4.69, 9.17) is 4.74 Å². The SMILES string of the molecule is COC(=O)C(CC(=O)C(C)(C)C)Cc1ccccc1I. The summed E-state index contributed by atoms with van der Waals surface area (Å²) < 4.78 is 5.94. The van der Waals surface area contributed by atoms with Gasteiger partial charge in [-0.25, -0.2) is 0 Å². The molecular formula is C16H21IO3. The highest BCUT2D eigenvalue weighted by atomic mass is 127. The van der Waals surface area contributed by atoms with Crippen LogP contribution in [0.25, 0.3) is 0 Å². The van der Waals surface area contributed by atoms with E-state index in [9.17, 15) is 9.59 Å². The van der Waals surface area contributed by atoms with Crippen molar-refractivity contribution in [2.45, 2.75) is 33.6 Å². The number of benzene rings is 1. The normalized spacial score (nSPS) is 12.8. The Hall–Kier alpha value is -0.910. The molecule has 0 aliphatic rings. The molecule has 1 rings (SSSR count). The first-order valence-electron chi connectivity index (χ1n) is 6.60. The Morgan fingerprint density at radius 1 is 1.25 bits per heavy atom. The summed E-state index contributed by atoms with van der Waals surface area (Å²) in [4.78, 5) is 24.1. The Labute approximate surface area is 134 Å². The molecule has 0 saturated carbocycles. The van der Waals surface area contributed by atoms with Crippen LogP contribution in [0.1, 0.15) is 32.8 Å². The minimum atomic E-state index is -0.434. The maximum absolute atomic E-state index is 12.2. The summed E-state index contributed by atoms with van der Waals surface area (Å²) in [6.07, 6.45) is 0.759. The highest BCUT2D eigenvalue weighted by Crippen LogP contribution is 2.24. The van der Waals surface area contributed by atoms with E-state index in [-0.39, 0.29) is 18.2 Å². The summed E-state index contributed by atoms with van der Waals surface area (Å²) in [5, 5.41) is 0. The average Bonchev–Trinajstić information content (AvgIpc) is 2.38. The maximum Gasteiger partial charge on any atom is 0.309 e. The van der Waals surface area contributed by atoms with Gasteiger partial charge in [0.25, 0.3) is 0 Å². The third kappa shape index (κ3) is 4.89. The van der Waals surface area contributed by atoms with Gasteiger partial charge in [0.2, 0.25) is 0 Å². The lowest BCUT2D eigenvalue weighted by atomic mass is 9.83. The molecule has 0 aromatic heterocycles. The molecule has 0 radical (unpaired) electrons. The van der Waals surface area contributed by atoms with E-state index in [0.717, 1.165) is 9.13 Å². The predicted molar refractivity (Wildman–Crippen MR) is 87.4 cm³/mol. The van der Waals surface area contributed by atoms with E-state index < -0.39 is 11.3 Å². The van der Waals surface area contributed by atoms with Crippen LogP contribution in [-0.2, 0) is 20.7 Å². The lowest BCUT2D eigenvalue weighted by Gasteiger charge is -2.21. The monoisotopic (exact) mass is 388 g/mol. The van der Waals surface area contributed by atoms with Crippen molar-refractivity contribution in [2.24, 2.45) is 11.3 Å². The number of esters is 1. The van der Waals surface area contributed by atoms with Gasteiger partial charge in [-0.15, -0.1) is 0 Å². The van der Waals surface area contributed by atoms with Gasteiger partial charge < -0.3 is 4.74 Å². The second-order valence-electron chi connectivity index (χ2n) is 5.89. The number of halogens is 1. The zero-order chi connectivity index (χ0) is 15.3. The number of ether oxygens (including phenoxy) is 1. The van der Waals surface area contributed by atoms with Crippen molar-refractivity contribution >= 4 is 34.3 Å². The molecule has 0 bridgehead atoms. The molecule has 110 valence electrons. The lowest BCUT2D eigenvalue weighted by molar-refractivity contribution is -0.148. The molecule has 1 atom stereocenters. The fourth-order valence-electron chi connectivity index (χ4n) is 1.86. The molecule has 0 heterocycles. The molecule has 0 aliphatic carbocycles. The highest BCUT2D eigenvalue weighted by Gasteiger charge is 2.29. The van der Waals surface area contributed by atoms with Crippen LogP contribution in [0.2, 0.25) is 0 Å². The Morgan fingerprint density at radius 3 is 2.35 bits per heavy atom. The van der Waals surface area contributed by atoms with Crippen LogP contribution in [0.15, 0.2) is 24.3 Å². The summed E-state index contributed by atoms with van der Waals surface area (Å²) in [6.45, 7) is 5.61. The first-order chi connectivity index (χ1) is 9.25. The molecule has 0 amide bonds. The van der Waals surface area contributed by atoms with Crippen molar-refractivity contribution in [1.29, 1.82) is 0 Å². The van der Waals surface area contributed by atoms with Crippen molar-refractivity contribution in [2.75, 3.05) is 7.11 Å². The number of ketones is 1. The van der Waals surface area contributed by atoms with Gasteiger partial charge in [-0.1, -0.05) is 39.0 Å². The van der Waals surface area contributed by atoms with Gasteiger partial charge >= 0.3 is 5.97 Å². The lowest BCUT2D eigenvalue weighted by Crippen LogP contribution is -2.28. The molecule has 4 heteroatoms. The Bertz CT molecular complexity index is 489. The standard InChI is InChI=1S/C16H21IO3/c1-16(2,3)14(18)10-12(15(19)20-4)9-11-7-5-6-8-13(11)17/h5-8,12H,9-10H2,1-4H3. The molecule has 0 aliphatic heterocycles. The summed E-state index contributed by atoms with van der Waals surface area (Å²) in [5.74, 6) is -0.649. The average molecular weight is 388 g/mol. The molecule has 1 aromatic carbocycles. The van der Waals surface area contributed by atoms with E-state index >= 15 is 0 Å². The van der Waals surface area contributed by atoms with Crippen molar-refractivity contribution in [1.82, 2.24) is 0 Å². The minimum absolute atomic E-state index is 0.0823. The highest BCUT2D eigenvalue weighted by molar-refractivity contribution is 14.1. The largest absolute Gasteiger partial charge is 0.469 e. The van der Waals surface area contributed by atoms with Crippen LogP contribution in [0, 0.1) is 14.9 Å². The van der Waals surface area contributed by atoms with Gasteiger partial charge in [-0.2, -0.15) is 0 Å². The van der Waals surface area contributed by atoms with Gasteiger partial charge in [0.05, 0.1) is 13.0 Å². The van der Waals surface area contributed by atoms with Crippen molar-refractivity contribution in [3.63, 3.8) is 0 Å². The van der Waals surface area contributed by atoms with Gasteiger partial charge in [-0.05, 0) is 40.6 Å². The molecule has 0 saturated heterocycles. The van der Waals surface area contributed by atoms with E-state index in [0.29, 0.717) is 6.42 Å². The Kier molecular flexibility index (Phi) is 6.17.